The van der Waals surface area contributed by atoms with Gasteiger partial charge < -0.3 is 15.0 Å². The molecule has 0 aliphatic carbocycles. The minimum atomic E-state index is -0.184. The molecule has 1 atom stereocenters. The van der Waals surface area contributed by atoms with Gasteiger partial charge in [-0.05, 0) is 35.7 Å². The van der Waals surface area contributed by atoms with Crippen LogP contribution in [0.1, 0.15) is 29.8 Å². The molecule has 0 fully saturated rings. The topological polar surface area (TPSA) is 56.3 Å². The summed E-state index contributed by atoms with van der Waals surface area (Å²) >= 11 is 0. The van der Waals surface area contributed by atoms with Crippen LogP contribution in [0, 0.1) is 0 Å². The number of hydrogen-bond donors (Lipinski definition) is 2. The number of carbonyl (C=O) groups excluding carboxylic acids is 1. The molecule has 1 aliphatic heterocycles. The molecule has 0 saturated heterocycles. The average Bonchev–Trinajstić information content (AvgIpc) is 2.92. The molecule has 2 heterocycles. The van der Waals surface area contributed by atoms with E-state index >= 15 is 0 Å². The maximum Gasteiger partial charge on any atom is 0.220 e. The number of nitrogens with zero attached hydrogens (tertiary/aromatic N) is 1. The van der Waals surface area contributed by atoms with Gasteiger partial charge in [0.15, 0.2) is 0 Å². The van der Waals surface area contributed by atoms with Gasteiger partial charge in [0.25, 0.3) is 0 Å². The molecule has 23 heavy (non-hydrogen) atoms. The number of hydrogen-bond acceptors (Lipinski definition) is 2. The third-order valence-corrected chi connectivity index (χ3v) is 4.62. The molecule has 1 aromatic heterocycles. The summed E-state index contributed by atoms with van der Waals surface area (Å²) < 4.78 is 0. The van der Waals surface area contributed by atoms with Gasteiger partial charge in [-0.25, -0.2) is 0 Å². The number of aromatic nitrogens is 1. The second kappa shape index (κ2) is 5.16. The molecule has 0 bridgehead atoms. The largest absolute Gasteiger partial charge is 0.508 e. The van der Waals surface area contributed by atoms with E-state index in [1.54, 1.807) is 19.1 Å². The van der Waals surface area contributed by atoms with Crippen molar-refractivity contribution in [2.24, 2.45) is 0 Å². The Hall–Kier alpha value is -2.75. The molecule has 0 radical (unpaired) electrons. The van der Waals surface area contributed by atoms with Crippen molar-refractivity contribution in [3.05, 3.63) is 65.4 Å². The monoisotopic (exact) mass is 306 g/mol. The predicted octanol–water partition coefficient (Wildman–Crippen LogP) is 3.37. The van der Waals surface area contributed by atoms with Gasteiger partial charge in [0.2, 0.25) is 5.91 Å². The number of rotatable bonds is 1. The number of nitrogens with one attached hydrogen (secondary N) is 1. The normalized spacial score (nSPS) is 17.3. The van der Waals surface area contributed by atoms with Crippen LogP contribution in [-0.2, 0) is 11.2 Å². The van der Waals surface area contributed by atoms with Gasteiger partial charge in [0.05, 0.1) is 6.04 Å². The van der Waals surface area contributed by atoms with E-state index in [1.165, 1.54) is 10.9 Å². The molecule has 2 aromatic carbocycles. The number of benzene rings is 2. The molecule has 2 N–H and O–H groups in total. The van der Waals surface area contributed by atoms with E-state index in [0.717, 1.165) is 23.2 Å². The number of H-pyrrole nitrogens is 1. The van der Waals surface area contributed by atoms with Crippen molar-refractivity contribution in [1.82, 2.24) is 9.88 Å². The van der Waals surface area contributed by atoms with Crippen LogP contribution in [0.3, 0.4) is 0 Å². The maximum absolute atomic E-state index is 12.1. The number of amides is 1. The summed E-state index contributed by atoms with van der Waals surface area (Å²) in [5.41, 5.74) is 4.34. The van der Waals surface area contributed by atoms with E-state index in [0.29, 0.717) is 6.54 Å². The lowest BCUT2D eigenvalue weighted by molar-refractivity contribution is -0.130. The number of aromatic amines is 1. The minimum Gasteiger partial charge on any atom is -0.508 e. The number of carbonyl (C=O) groups is 1. The molecular weight excluding hydrogens is 288 g/mol. The molecule has 4 nitrogen and oxygen atoms in total. The minimum absolute atomic E-state index is 0.0441. The van der Waals surface area contributed by atoms with E-state index in [2.05, 4.69) is 17.1 Å². The molecule has 4 heteroatoms. The van der Waals surface area contributed by atoms with Crippen LogP contribution in [0.5, 0.6) is 5.75 Å². The highest BCUT2D eigenvalue weighted by Gasteiger charge is 2.33. The number of para-hydroxylation sites is 1. The van der Waals surface area contributed by atoms with Gasteiger partial charge in [-0.15, -0.1) is 0 Å². The summed E-state index contributed by atoms with van der Waals surface area (Å²) in [6, 6.07) is 15.2. The van der Waals surface area contributed by atoms with Crippen LogP contribution in [0.2, 0.25) is 0 Å². The van der Waals surface area contributed by atoms with Gasteiger partial charge >= 0.3 is 0 Å². The molecule has 0 saturated carbocycles. The molecule has 116 valence electrons. The molecule has 1 unspecified atom stereocenters. The first-order valence-corrected chi connectivity index (χ1v) is 7.81. The van der Waals surface area contributed by atoms with Crippen LogP contribution in [-0.4, -0.2) is 27.4 Å². The zero-order valence-electron chi connectivity index (χ0n) is 12.9. The standard InChI is InChI=1S/C19H18N2O2/c1-12(22)21-10-9-16-15-7-2-3-8-17(15)20-18(16)19(21)13-5-4-6-14(23)11-13/h2-8,11,19-20,23H,9-10H2,1H3. The fourth-order valence-corrected chi connectivity index (χ4v) is 3.62. The Morgan fingerprint density at radius 1 is 1.22 bits per heavy atom. The summed E-state index contributed by atoms with van der Waals surface area (Å²) in [7, 11) is 0. The third-order valence-electron chi connectivity index (χ3n) is 4.62. The molecule has 4 rings (SSSR count). The lowest BCUT2D eigenvalue weighted by Crippen LogP contribution is -2.39. The van der Waals surface area contributed by atoms with Gasteiger partial charge in [0, 0.05) is 30.1 Å². The van der Waals surface area contributed by atoms with Crippen molar-refractivity contribution in [1.29, 1.82) is 0 Å². The smallest absolute Gasteiger partial charge is 0.220 e. The van der Waals surface area contributed by atoms with Gasteiger partial charge in [-0.3, -0.25) is 4.79 Å². The van der Waals surface area contributed by atoms with Crippen molar-refractivity contribution in [3.8, 4) is 5.75 Å². The Kier molecular flexibility index (Phi) is 3.11. The van der Waals surface area contributed by atoms with Gasteiger partial charge in [-0.1, -0.05) is 30.3 Å². The van der Waals surface area contributed by atoms with Gasteiger partial charge in [-0.2, -0.15) is 0 Å². The highest BCUT2D eigenvalue weighted by Crippen LogP contribution is 2.38. The van der Waals surface area contributed by atoms with Crippen LogP contribution in [0.25, 0.3) is 10.9 Å². The number of aromatic hydroxyl groups is 1. The van der Waals surface area contributed by atoms with Crippen LogP contribution >= 0.6 is 0 Å². The second-order valence-electron chi connectivity index (χ2n) is 6.02. The Balaban J connectivity index is 1.95. The van der Waals surface area contributed by atoms with E-state index in [-0.39, 0.29) is 17.7 Å². The lowest BCUT2D eigenvalue weighted by Gasteiger charge is -2.35. The zero-order valence-corrected chi connectivity index (χ0v) is 12.9. The van der Waals surface area contributed by atoms with E-state index in [9.17, 15) is 9.90 Å². The summed E-state index contributed by atoms with van der Waals surface area (Å²) in [6.07, 6.45) is 0.842. The van der Waals surface area contributed by atoms with Crippen molar-refractivity contribution < 1.29 is 9.90 Å². The van der Waals surface area contributed by atoms with E-state index in [1.807, 2.05) is 29.2 Å². The lowest BCUT2D eigenvalue weighted by atomic mass is 9.92. The molecule has 1 amide bonds. The summed E-state index contributed by atoms with van der Waals surface area (Å²) in [4.78, 5) is 17.5. The first-order chi connectivity index (χ1) is 11.1. The number of phenols is 1. The fourth-order valence-electron chi connectivity index (χ4n) is 3.62. The van der Waals surface area contributed by atoms with Crippen LogP contribution in [0.4, 0.5) is 0 Å². The van der Waals surface area contributed by atoms with Gasteiger partial charge in [0.1, 0.15) is 5.75 Å². The van der Waals surface area contributed by atoms with Crippen molar-refractivity contribution in [2.45, 2.75) is 19.4 Å². The van der Waals surface area contributed by atoms with Crippen molar-refractivity contribution in [3.63, 3.8) is 0 Å². The maximum atomic E-state index is 12.1. The quantitative estimate of drug-likeness (QED) is 0.724. The predicted molar refractivity (Wildman–Crippen MR) is 89.3 cm³/mol. The molecule has 1 aliphatic rings. The molecule has 3 aromatic rings. The van der Waals surface area contributed by atoms with E-state index < -0.39 is 0 Å². The molecule has 0 spiro atoms. The molecular formula is C19H18N2O2. The highest BCUT2D eigenvalue weighted by molar-refractivity contribution is 5.86. The number of phenolic OH excluding ortho intramolecular Hbond substituents is 1. The van der Waals surface area contributed by atoms with E-state index in [4.69, 9.17) is 0 Å². The zero-order chi connectivity index (χ0) is 16.0. The Labute approximate surface area is 134 Å². The third kappa shape index (κ3) is 2.18. The van der Waals surface area contributed by atoms with Crippen molar-refractivity contribution >= 4 is 16.8 Å². The Morgan fingerprint density at radius 3 is 2.83 bits per heavy atom. The average molecular weight is 306 g/mol. The van der Waals surface area contributed by atoms with Crippen LogP contribution in [0.15, 0.2) is 48.5 Å². The Bertz CT molecular complexity index is 897. The first kappa shape index (κ1) is 13.9. The fraction of sp³-hybridized carbons (Fsp3) is 0.211. The van der Waals surface area contributed by atoms with Crippen molar-refractivity contribution in [2.75, 3.05) is 6.54 Å². The highest BCUT2D eigenvalue weighted by atomic mass is 16.3. The first-order valence-electron chi connectivity index (χ1n) is 7.81. The summed E-state index contributed by atoms with van der Waals surface area (Å²) in [5.74, 6) is 0.261. The second-order valence-corrected chi connectivity index (χ2v) is 6.02. The summed E-state index contributed by atoms with van der Waals surface area (Å²) in [6.45, 7) is 2.29. The SMILES string of the molecule is CC(=O)N1CCc2c([nH]c3ccccc23)C1c1cccc(O)c1. The van der Waals surface area contributed by atoms with Crippen LogP contribution < -0.4 is 0 Å². The Morgan fingerprint density at radius 2 is 2.04 bits per heavy atom. The number of fused-ring (bicyclic) bond motifs is 3. The summed E-state index contributed by atoms with van der Waals surface area (Å²) in [5, 5.41) is 11.1.